The van der Waals surface area contributed by atoms with E-state index in [0.29, 0.717) is 11.4 Å². The quantitative estimate of drug-likeness (QED) is 0.670. The molecule has 3 aliphatic rings. The molecule has 1 aromatic rings. The van der Waals surface area contributed by atoms with E-state index in [1.54, 1.807) is 0 Å². The molecule has 15 heavy (non-hydrogen) atoms. The minimum Gasteiger partial charge on any atom is -0.423 e. The van der Waals surface area contributed by atoms with Crippen molar-refractivity contribution in [3.63, 3.8) is 0 Å². The van der Waals surface area contributed by atoms with Crippen molar-refractivity contribution in [1.82, 2.24) is 0 Å². The average Bonchev–Trinajstić information content (AvgIpc) is 2.30. The summed E-state index contributed by atoms with van der Waals surface area (Å²) in [6.07, 6.45) is 5.20. The third-order valence-electron chi connectivity index (χ3n) is 4.02. The first-order valence-corrected chi connectivity index (χ1v) is 5.75. The highest BCUT2D eigenvalue weighted by Crippen LogP contribution is 2.48. The molecule has 0 spiro atoms. The summed E-state index contributed by atoms with van der Waals surface area (Å²) in [4.78, 5) is 0. The molecule has 3 aliphatic carbocycles. The molecule has 3 heteroatoms. The van der Waals surface area contributed by atoms with Gasteiger partial charge in [0.15, 0.2) is 0 Å². The van der Waals surface area contributed by atoms with Gasteiger partial charge in [0.1, 0.15) is 0 Å². The molecule has 78 valence electrons. The molecular weight excluding hydrogens is 187 g/mol. The number of hydrogen-bond acceptors (Lipinski definition) is 2. The highest BCUT2D eigenvalue weighted by molar-refractivity contribution is 6.58. The molecule has 0 heterocycles. The van der Waals surface area contributed by atoms with Crippen LogP contribution in [0.5, 0.6) is 0 Å². The van der Waals surface area contributed by atoms with Gasteiger partial charge in [0.25, 0.3) is 0 Å². The van der Waals surface area contributed by atoms with Crippen LogP contribution in [0.25, 0.3) is 0 Å². The Bertz CT molecular complexity index is 381. The van der Waals surface area contributed by atoms with E-state index in [2.05, 4.69) is 6.07 Å². The molecule has 4 rings (SSSR count). The van der Waals surface area contributed by atoms with Crippen LogP contribution in [0.1, 0.15) is 48.6 Å². The van der Waals surface area contributed by atoms with Crippen LogP contribution in [0, 0.1) is 0 Å². The van der Waals surface area contributed by atoms with Gasteiger partial charge in [0.05, 0.1) is 0 Å². The lowest BCUT2D eigenvalue weighted by atomic mass is 9.65. The zero-order chi connectivity index (χ0) is 10.4. The molecule has 0 aliphatic heterocycles. The molecule has 1 aromatic carbocycles. The molecule has 0 aromatic heterocycles. The first kappa shape index (κ1) is 9.43. The second-order valence-corrected chi connectivity index (χ2v) is 4.81. The fourth-order valence-electron chi connectivity index (χ4n) is 3.19. The normalized spacial score (nSPS) is 27.6. The van der Waals surface area contributed by atoms with Crippen LogP contribution in [-0.4, -0.2) is 17.2 Å². The van der Waals surface area contributed by atoms with Crippen LogP contribution in [0.2, 0.25) is 0 Å². The van der Waals surface area contributed by atoms with Crippen molar-refractivity contribution in [3.05, 3.63) is 29.3 Å². The molecule has 0 atom stereocenters. The van der Waals surface area contributed by atoms with Crippen molar-refractivity contribution < 1.29 is 10.0 Å². The Balaban J connectivity index is 2.08. The topological polar surface area (TPSA) is 40.5 Å². The van der Waals surface area contributed by atoms with E-state index in [1.807, 2.05) is 12.1 Å². The summed E-state index contributed by atoms with van der Waals surface area (Å²) in [6, 6.07) is 5.94. The Kier molecular flexibility index (Phi) is 2.11. The van der Waals surface area contributed by atoms with Crippen molar-refractivity contribution in [2.75, 3.05) is 0 Å². The Morgan fingerprint density at radius 3 is 2.13 bits per heavy atom. The summed E-state index contributed by atoms with van der Waals surface area (Å²) in [6.45, 7) is 0. The summed E-state index contributed by atoms with van der Waals surface area (Å²) in [5.74, 6) is 1.40. The average molecular weight is 202 g/mol. The van der Waals surface area contributed by atoms with Gasteiger partial charge in [-0.05, 0) is 54.1 Å². The minimum absolute atomic E-state index is 0.640. The maximum absolute atomic E-state index is 9.15. The second-order valence-electron chi connectivity index (χ2n) is 4.81. The van der Waals surface area contributed by atoms with Gasteiger partial charge in [-0.25, -0.2) is 0 Å². The van der Waals surface area contributed by atoms with Gasteiger partial charge in [-0.1, -0.05) is 18.2 Å². The second kappa shape index (κ2) is 3.36. The highest BCUT2D eigenvalue weighted by Gasteiger charge is 2.33. The summed E-state index contributed by atoms with van der Waals surface area (Å²) in [5.41, 5.74) is 3.48. The van der Waals surface area contributed by atoms with Gasteiger partial charge in [-0.3, -0.25) is 0 Å². The van der Waals surface area contributed by atoms with Crippen LogP contribution in [0.3, 0.4) is 0 Å². The van der Waals surface area contributed by atoms with Gasteiger partial charge in [0.2, 0.25) is 0 Å². The maximum atomic E-state index is 9.15. The predicted octanol–water partition coefficient (Wildman–Crippen LogP) is 1.12. The van der Waals surface area contributed by atoms with Crippen LogP contribution >= 0.6 is 0 Å². The lowest BCUT2D eigenvalue weighted by molar-refractivity contribution is 0.358. The zero-order valence-electron chi connectivity index (χ0n) is 8.69. The van der Waals surface area contributed by atoms with Crippen LogP contribution in [0.4, 0.5) is 0 Å². The lowest BCUT2D eigenvalue weighted by Crippen LogP contribution is -2.32. The molecule has 0 unspecified atom stereocenters. The molecule has 2 N–H and O–H groups in total. The smallest absolute Gasteiger partial charge is 0.423 e. The number of benzene rings is 1. The molecule has 0 saturated heterocycles. The Labute approximate surface area is 90.1 Å². The third kappa shape index (κ3) is 1.42. The highest BCUT2D eigenvalue weighted by atomic mass is 16.4. The predicted molar refractivity (Wildman–Crippen MR) is 60.2 cm³/mol. The molecule has 2 nitrogen and oxygen atoms in total. The summed E-state index contributed by atoms with van der Waals surface area (Å²) in [5, 5.41) is 18.3. The van der Waals surface area contributed by atoms with Gasteiger partial charge < -0.3 is 10.0 Å². The van der Waals surface area contributed by atoms with Gasteiger partial charge >= 0.3 is 7.12 Å². The van der Waals surface area contributed by atoms with E-state index in [-0.39, 0.29) is 0 Å². The maximum Gasteiger partial charge on any atom is 0.488 e. The van der Waals surface area contributed by atoms with E-state index in [1.165, 1.54) is 36.8 Å². The summed E-state index contributed by atoms with van der Waals surface area (Å²) >= 11 is 0. The molecule has 1 fully saturated rings. The molecule has 1 saturated carbocycles. The van der Waals surface area contributed by atoms with Crippen molar-refractivity contribution >= 4 is 12.6 Å². The van der Waals surface area contributed by atoms with E-state index >= 15 is 0 Å². The summed E-state index contributed by atoms with van der Waals surface area (Å²) in [7, 11) is -1.32. The van der Waals surface area contributed by atoms with Crippen LogP contribution in [-0.2, 0) is 0 Å². The van der Waals surface area contributed by atoms with E-state index in [0.717, 1.165) is 5.92 Å². The van der Waals surface area contributed by atoms with Gasteiger partial charge in [0, 0.05) is 0 Å². The molecular formula is C12H15BO2. The first-order chi connectivity index (χ1) is 7.25. The fourth-order valence-corrected chi connectivity index (χ4v) is 3.19. The Morgan fingerprint density at radius 1 is 0.933 bits per heavy atom. The molecule has 0 amide bonds. The summed E-state index contributed by atoms with van der Waals surface area (Å²) < 4.78 is 0. The zero-order valence-corrected chi connectivity index (χ0v) is 8.69. The van der Waals surface area contributed by atoms with Crippen LogP contribution in [0.15, 0.2) is 18.2 Å². The first-order valence-electron chi connectivity index (χ1n) is 5.75. The van der Waals surface area contributed by atoms with E-state index in [9.17, 15) is 0 Å². The van der Waals surface area contributed by atoms with Crippen molar-refractivity contribution in [3.8, 4) is 0 Å². The van der Waals surface area contributed by atoms with Crippen LogP contribution < -0.4 is 5.46 Å². The standard InChI is InChI=1S/C12H15BO2/c14-13(15)10-5-6-11-8-1-3-9(4-2-8)12(11)7-10/h5-9,14-15H,1-4H2. The van der Waals surface area contributed by atoms with Gasteiger partial charge in [-0.15, -0.1) is 0 Å². The number of fused-ring (bicyclic) bond motifs is 2. The Hall–Kier alpha value is -0.795. The SMILES string of the molecule is OB(O)c1ccc2c(c1)C1CCC2CC1. The molecule has 2 bridgehead atoms. The van der Waals surface area contributed by atoms with Crippen molar-refractivity contribution in [1.29, 1.82) is 0 Å². The molecule has 0 radical (unpaired) electrons. The monoisotopic (exact) mass is 202 g/mol. The Morgan fingerprint density at radius 2 is 1.53 bits per heavy atom. The third-order valence-corrected chi connectivity index (χ3v) is 4.02. The largest absolute Gasteiger partial charge is 0.488 e. The van der Waals surface area contributed by atoms with Gasteiger partial charge in [-0.2, -0.15) is 0 Å². The van der Waals surface area contributed by atoms with E-state index in [4.69, 9.17) is 10.0 Å². The number of hydrogen-bond donors (Lipinski definition) is 2. The van der Waals surface area contributed by atoms with Crippen molar-refractivity contribution in [2.24, 2.45) is 0 Å². The van der Waals surface area contributed by atoms with E-state index < -0.39 is 7.12 Å². The van der Waals surface area contributed by atoms with Crippen molar-refractivity contribution in [2.45, 2.75) is 37.5 Å². The minimum atomic E-state index is -1.32. The lowest BCUT2D eigenvalue weighted by Gasteiger charge is -2.38. The fraction of sp³-hybridized carbons (Fsp3) is 0.500. The number of rotatable bonds is 1.